The van der Waals surface area contributed by atoms with Gasteiger partial charge in [0.15, 0.2) is 0 Å². The molecule has 2 aromatic carbocycles. The van der Waals surface area contributed by atoms with E-state index in [0.717, 1.165) is 34.0 Å². The number of rotatable bonds is 3. The van der Waals surface area contributed by atoms with Crippen molar-refractivity contribution in [1.29, 1.82) is 0 Å². The molecule has 1 aliphatic heterocycles. The Labute approximate surface area is 129 Å². The Kier molecular flexibility index (Phi) is 4.06. The Hall–Kier alpha value is -1.68. The van der Waals surface area contributed by atoms with Crippen molar-refractivity contribution in [2.75, 3.05) is 30.1 Å². The van der Waals surface area contributed by atoms with Crippen LogP contribution in [0.25, 0.3) is 0 Å². The number of thioether (sulfide) groups is 1. The molecule has 110 valence electrons. The minimum Gasteiger partial charge on any atom is -0.378 e. The quantitative estimate of drug-likeness (QED) is 0.896. The van der Waals surface area contributed by atoms with Gasteiger partial charge in [-0.05, 0) is 36.2 Å². The highest BCUT2D eigenvalue weighted by Gasteiger charge is 2.22. The predicted octanol–water partition coefficient (Wildman–Crippen LogP) is 4.54. The van der Waals surface area contributed by atoms with Gasteiger partial charge in [0.1, 0.15) is 5.82 Å². The zero-order valence-corrected chi connectivity index (χ0v) is 13.1. The topological polar surface area (TPSA) is 15.3 Å². The van der Waals surface area contributed by atoms with Crippen LogP contribution in [0.15, 0.2) is 47.4 Å². The van der Waals surface area contributed by atoms with Crippen molar-refractivity contribution in [2.45, 2.75) is 17.4 Å². The molecule has 3 rings (SSSR count). The van der Waals surface area contributed by atoms with Gasteiger partial charge in [-0.25, -0.2) is 4.39 Å². The Morgan fingerprint density at radius 2 is 2.00 bits per heavy atom. The van der Waals surface area contributed by atoms with E-state index in [4.69, 9.17) is 0 Å². The van der Waals surface area contributed by atoms with Gasteiger partial charge in [-0.2, -0.15) is 0 Å². The first-order valence-electron chi connectivity index (χ1n) is 7.10. The Morgan fingerprint density at radius 3 is 2.81 bits per heavy atom. The molecule has 0 radical (unpaired) electrons. The standard InChI is InChI=1S/C17H19FN2S/c1-20(2)13-6-3-5-12(11-13)19-16-9-10-21-17-14(16)7-4-8-15(17)18/h3-8,11,16,19H,9-10H2,1-2H3. The third-order valence-corrected chi connectivity index (χ3v) is 4.89. The third-order valence-electron chi connectivity index (χ3n) is 3.73. The van der Waals surface area contributed by atoms with Crippen molar-refractivity contribution < 1.29 is 4.39 Å². The number of hydrogen-bond acceptors (Lipinski definition) is 3. The number of nitrogens with one attached hydrogen (secondary N) is 1. The molecule has 1 heterocycles. The van der Waals surface area contributed by atoms with Crippen LogP contribution in [-0.4, -0.2) is 19.8 Å². The summed E-state index contributed by atoms with van der Waals surface area (Å²) in [6, 6.07) is 13.9. The summed E-state index contributed by atoms with van der Waals surface area (Å²) < 4.78 is 13.9. The van der Waals surface area contributed by atoms with Gasteiger partial charge in [0.05, 0.1) is 6.04 Å². The van der Waals surface area contributed by atoms with E-state index in [1.54, 1.807) is 23.9 Å². The summed E-state index contributed by atoms with van der Waals surface area (Å²) in [6.07, 6.45) is 1.01. The maximum Gasteiger partial charge on any atom is 0.137 e. The van der Waals surface area contributed by atoms with E-state index >= 15 is 0 Å². The Bertz CT molecular complexity index is 642. The van der Waals surface area contributed by atoms with Gasteiger partial charge in [-0.1, -0.05) is 18.2 Å². The Morgan fingerprint density at radius 1 is 1.19 bits per heavy atom. The monoisotopic (exact) mass is 302 g/mol. The molecule has 0 spiro atoms. The van der Waals surface area contributed by atoms with Gasteiger partial charge in [-0.3, -0.25) is 0 Å². The molecule has 1 N–H and O–H groups in total. The number of nitrogens with zero attached hydrogens (tertiary/aromatic N) is 1. The number of hydrogen-bond donors (Lipinski definition) is 1. The molecular weight excluding hydrogens is 283 g/mol. The van der Waals surface area contributed by atoms with Crippen LogP contribution in [0.3, 0.4) is 0 Å². The number of anilines is 2. The molecule has 0 saturated carbocycles. The molecule has 0 fully saturated rings. The summed E-state index contributed by atoms with van der Waals surface area (Å²) >= 11 is 1.61. The summed E-state index contributed by atoms with van der Waals surface area (Å²) in [7, 11) is 4.06. The molecular formula is C17H19FN2S. The highest BCUT2D eigenvalue weighted by molar-refractivity contribution is 7.99. The third kappa shape index (κ3) is 3.00. The van der Waals surface area contributed by atoms with Crippen LogP contribution < -0.4 is 10.2 Å². The fraction of sp³-hybridized carbons (Fsp3) is 0.294. The highest BCUT2D eigenvalue weighted by atomic mass is 32.2. The molecule has 1 atom stereocenters. The van der Waals surface area contributed by atoms with Crippen molar-refractivity contribution in [3.05, 3.63) is 53.8 Å². The second-order valence-corrected chi connectivity index (χ2v) is 6.54. The molecule has 0 aromatic heterocycles. The first-order valence-corrected chi connectivity index (χ1v) is 8.09. The lowest BCUT2D eigenvalue weighted by molar-refractivity contribution is 0.585. The van der Waals surface area contributed by atoms with Crippen molar-refractivity contribution in [3.8, 4) is 0 Å². The van der Waals surface area contributed by atoms with E-state index in [-0.39, 0.29) is 11.9 Å². The zero-order valence-electron chi connectivity index (χ0n) is 12.3. The van der Waals surface area contributed by atoms with Gasteiger partial charge >= 0.3 is 0 Å². The second-order valence-electron chi connectivity index (χ2n) is 5.44. The van der Waals surface area contributed by atoms with E-state index in [9.17, 15) is 4.39 Å². The van der Waals surface area contributed by atoms with Crippen molar-refractivity contribution in [1.82, 2.24) is 0 Å². The average molecular weight is 302 g/mol. The van der Waals surface area contributed by atoms with Crippen LogP contribution in [0.2, 0.25) is 0 Å². The molecule has 1 unspecified atom stereocenters. The van der Waals surface area contributed by atoms with E-state index in [1.165, 1.54) is 0 Å². The maximum atomic E-state index is 13.9. The number of fused-ring (bicyclic) bond motifs is 1. The molecule has 2 nitrogen and oxygen atoms in total. The summed E-state index contributed by atoms with van der Waals surface area (Å²) in [5.74, 6) is 0.838. The molecule has 21 heavy (non-hydrogen) atoms. The van der Waals surface area contributed by atoms with Crippen molar-refractivity contribution >= 4 is 23.1 Å². The van der Waals surface area contributed by atoms with E-state index < -0.39 is 0 Å². The van der Waals surface area contributed by atoms with E-state index in [0.29, 0.717) is 0 Å². The summed E-state index contributed by atoms with van der Waals surface area (Å²) in [5, 5.41) is 3.55. The van der Waals surface area contributed by atoms with Crippen molar-refractivity contribution in [3.63, 3.8) is 0 Å². The maximum absolute atomic E-state index is 13.9. The predicted molar refractivity (Wildman–Crippen MR) is 88.9 cm³/mol. The largest absolute Gasteiger partial charge is 0.378 e. The summed E-state index contributed by atoms with van der Waals surface area (Å²) in [4.78, 5) is 2.88. The minimum atomic E-state index is -0.106. The van der Waals surface area contributed by atoms with Crippen LogP contribution in [0.5, 0.6) is 0 Å². The fourth-order valence-corrected chi connectivity index (χ4v) is 3.75. The molecule has 4 heteroatoms. The average Bonchev–Trinajstić information content (AvgIpc) is 2.49. The molecule has 0 saturated heterocycles. The lowest BCUT2D eigenvalue weighted by Gasteiger charge is -2.27. The first kappa shape index (κ1) is 14.3. The lowest BCUT2D eigenvalue weighted by atomic mass is 10.0. The van der Waals surface area contributed by atoms with E-state index in [1.807, 2.05) is 26.2 Å². The fourth-order valence-electron chi connectivity index (χ4n) is 2.61. The van der Waals surface area contributed by atoms with Gasteiger partial charge in [0.25, 0.3) is 0 Å². The normalized spacial score (nSPS) is 17.2. The SMILES string of the molecule is CN(C)c1cccc(NC2CCSc3c(F)cccc32)c1. The second kappa shape index (κ2) is 5.98. The Balaban J connectivity index is 1.87. The van der Waals surface area contributed by atoms with Gasteiger partial charge in [0.2, 0.25) is 0 Å². The van der Waals surface area contributed by atoms with Crippen LogP contribution in [0.4, 0.5) is 15.8 Å². The number of halogens is 1. The van der Waals surface area contributed by atoms with Crippen LogP contribution in [0, 0.1) is 5.82 Å². The van der Waals surface area contributed by atoms with Crippen molar-refractivity contribution in [2.24, 2.45) is 0 Å². The first-order chi connectivity index (χ1) is 10.1. The highest BCUT2D eigenvalue weighted by Crippen LogP contribution is 2.39. The van der Waals surface area contributed by atoms with Crippen LogP contribution >= 0.6 is 11.8 Å². The molecule has 1 aliphatic rings. The van der Waals surface area contributed by atoms with Gasteiger partial charge in [0, 0.05) is 36.1 Å². The molecule has 2 aromatic rings. The molecule has 0 bridgehead atoms. The minimum absolute atomic E-state index is 0.106. The van der Waals surface area contributed by atoms with E-state index in [2.05, 4.69) is 28.4 Å². The zero-order chi connectivity index (χ0) is 14.8. The smallest absolute Gasteiger partial charge is 0.137 e. The van der Waals surface area contributed by atoms with Gasteiger partial charge < -0.3 is 10.2 Å². The summed E-state index contributed by atoms with van der Waals surface area (Å²) in [5.41, 5.74) is 3.31. The number of benzene rings is 2. The molecule has 0 amide bonds. The lowest BCUT2D eigenvalue weighted by Crippen LogP contribution is -2.17. The molecule has 0 aliphatic carbocycles. The van der Waals surface area contributed by atoms with Crippen LogP contribution in [0.1, 0.15) is 18.0 Å². The van der Waals surface area contributed by atoms with Crippen LogP contribution in [-0.2, 0) is 0 Å². The summed E-state index contributed by atoms with van der Waals surface area (Å²) in [6.45, 7) is 0. The van der Waals surface area contributed by atoms with Gasteiger partial charge in [-0.15, -0.1) is 11.8 Å².